The van der Waals surface area contributed by atoms with E-state index in [9.17, 15) is 0 Å². The van der Waals surface area contributed by atoms with E-state index in [1.54, 1.807) is 10.7 Å². The van der Waals surface area contributed by atoms with Crippen LogP contribution in [0.5, 0.6) is 0 Å². The first kappa shape index (κ1) is 13.9. The van der Waals surface area contributed by atoms with Crippen LogP contribution in [0.3, 0.4) is 0 Å². The lowest BCUT2D eigenvalue weighted by molar-refractivity contribution is 0.602. The number of benzene rings is 2. The lowest BCUT2D eigenvalue weighted by atomic mass is 10.1. The molecule has 0 aliphatic heterocycles. The summed E-state index contributed by atoms with van der Waals surface area (Å²) in [6, 6.07) is 16.0. The fraction of sp³-hybridized carbons (Fsp3) is 0.0526. The summed E-state index contributed by atoms with van der Waals surface area (Å²) in [5.74, 6) is 0.740. The zero-order valence-corrected chi connectivity index (χ0v) is 13.2. The predicted molar refractivity (Wildman–Crippen MR) is 93.0 cm³/mol. The maximum atomic E-state index is 5.36. The average molecular weight is 327 g/mol. The number of aromatic nitrogens is 5. The van der Waals surface area contributed by atoms with Crippen LogP contribution in [0, 0.1) is 0 Å². The molecule has 0 aliphatic carbocycles. The van der Waals surface area contributed by atoms with Crippen LogP contribution >= 0.6 is 0 Å². The van der Waals surface area contributed by atoms with E-state index in [-0.39, 0.29) is 0 Å². The largest absolute Gasteiger partial charge is 0.443 e. The van der Waals surface area contributed by atoms with Crippen LogP contribution < -0.4 is 0 Å². The maximum absolute atomic E-state index is 5.36. The van der Waals surface area contributed by atoms with Gasteiger partial charge in [-0.1, -0.05) is 36.4 Å². The van der Waals surface area contributed by atoms with Gasteiger partial charge < -0.3 is 4.42 Å². The molecular weight excluding hydrogens is 314 g/mol. The minimum Gasteiger partial charge on any atom is -0.443 e. The Morgan fingerprint density at radius 3 is 2.84 bits per heavy atom. The Hall–Kier alpha value is -3.54. The van der Waals surface area contributed by atoms with E-state index >= 15 is 0 Å². The smallest absolute Gasteiger partial charge is 0.181 e. The number of nitrogens with zero attached hydrogens (tertiary/aromatic N) is 5. The van der Waals surface area contributed by atoms with Crippen molar-refractivity contribution in [2.75, 3.05) is 0 Å². The standard InChI is InChI=1S/C19H13N5O/c1-2-4-14(5-3-1)18-19-22-17(23-24(19)9-8-20-18)11-13-6-7-15-16(10-13)25-12-21-15/h1-10,12H,11H2. The first-order valence-electron chi connectivity index (χ1n) is 7.95. The molecular formula is C19H13N5O. The number of hydrogen-bond acceptors (Lipinski definition) is 5. The summed E-state index contributed by atoms with van der Waals surface area (Å²) >= 11 is 0. The Morgan fingerprint density at radius 2 is 1.92 bits per heavy atom. The molecule has 0 atom stereocenters. The molecule has 5 rings (SSSR count). The highest BCUT2D eigenvalue weighted by Gasteiger charge is 2.12. The molecule has 0 N–H and O–H groups in total. The summed E-state index contributed by atoms with van der Waals surface area (Å²) in [6.07, 6.45) is 5.63. The van der Waals surface area contributed by atoms with E-state index in [2.05, 4.69) is 15.1 Å². The number of fused-ring (bicyclic) bond motifs is 2. The SMILES string of the molecule is c1ccc(-c2nccn3nc(Cc4ccc5ncoc5c4)nc23)cc1. The van der Waals surface area contributed by atoms with Gasteiger partial charge in [-0.15, -0.1) is 0 Å². The average Bonchev–Trinajstić information content (AvgIpc) is 3.27. The summed E-state index contributed by atoms with van der Waals surface area (Å²) in [5.41, 5.74) is 5.30. The second-order valence-electron chi connectivity index (χ2n) is 5.77. The molecule has 0 amide bonds. The minimum atomic E-state index is 0.618. The molecule has 0 fully saturated rings. The predicted octanol–water partition coefficient (Wildman–Crippen LogP) is 3.52. The van der Waals surface area contributed by atoms with Gasteiger partial charge in [0.2, 0.25) is 0 Å². The van der Waals surface area contributed by atoms with Gasteiger partial charge in [-0.2, -0.15) is 5.10 Å². The molecule has 6 nitrogen and oxygen atoms in total. The highest BCUT2D eigenvalue weighted by molar-refractivity contribution is 5.74. The van der Waals surface area contributed by atoms with Crippen LogP contribution in [-0.4, -0.2) is 24.6 Å². The molecule has 0 spiro atoms. The second-order valence-corrected chi connectivity index (χ2v) is 5.77. The van der Waals surface area contributed by atoms with Crippen molar-refractivity contribution in [3.05, 3.63) is 78.7 Å². The highest BCUT2D eigenvalue weighted by Crippen LogP contribution is 2.21. The molecule has 3 heterocycles. The molecule has 5 aromatic rings. The minimum absolute atomic E-state index is 0.618. The third-order valence-corrected chi connectivity index (χ3v) is 4.10. The van der Waals surface area contributed by atoms with Crippen LogP contribution in [0.25, 0.3) is 28.0 Å². The van der Waals surface area contributed by atoms with Gasteiger partial charge in [0.15, 0.2) is 23.4 Å². The molecule has 0 radical (unpaired) electrons. The Morgan fingerprint density at radius 1 is 1.00 bits per heavy atom. The van der Waals surface area contributed by atoms with Crippen LogP contribution in [0.15, 0.2) is 71.7 Å². The van der Waals surface area contributed by atoms with Crippen molar-refractivity contribution >= 4 is 16.7 Å². The summed E-state index contributed by atoms with van der Waals surface area (Å²) in [7, 11) is 0. The third kappa shape index (κ3) is 2.44. The van der Waals surface area contributed by atoms with Gasteiger partial charge in [0.25, 0.3) is 0 Å². The summed E-state index contributed by atoms with van der Waals surface area (Å²) < 4.78 is 7.14. The van der Waals surface area contributed by atoms with Crippen molar-refractivity contribution in [1.29, 1.82) is 0 Å². The van der Waals surface area contributed by atoms with E-state index in [1.165, 1.54) is 6.39 Å². The normalized spacial score (nSPS) is 11.4. The van der Waals surface area contributed by atoms with Gasteiger partial charge in [0, 0.05) is 24.4 Å². The lowest BCUT2D eigenvalue weighted by Crippen LogP contribution is -1.93. The number of hydrogen-bond donors (Lipinski definition) is 0. The van der Waals surface area contributed by atoms with Gasteiger partial charge in [-0.05, 0) is 17.7 Å². The summed E-state index contributed by atoms with van der Waals surface area (Å²) in [6.45, 7) is 0. The molecule has 2 aromatic carbocycles. The second kappa shape index (κ2) is 5.52. The zero-order valence-electron chi connectivity index (χ0n) is 13.2. The molecule has 0 saturated heterocycles. The van der Waals surface area contributed by atoms with Gasteiger partial charge in [0.1, 0.15) is 11.2 Å². The van der Waals surface area contributed by atoms with E-state index in [4.69, 9.17) is 9.40 Å². The first-order chi connectivity index (χ1) is 12.4. The summed E-state index contributed by atoms with van der Waals surface area (Å²) in [4.78, 5) is 13.3. The van der Waals surface area contributed by atoms with Crippen molar-refractivity contribution in [2.45, 2.75) is 6.42 Å². The van der Waals surface area contributed by atoms with Gasteiger partial charge >= 0.3 is 0 Å². The van der Waals surface area contributed by atoms with Crippen LogP contribution in [0.1, 0.15) is 11.4 Å². The summed E-state index contributed by atoms with van der Waals surface area (Å²) in [5, 5.41) is 4.58. The van der Waals surface area contributed by atoms with Crippen molar-refractivity contribution in [3.63, 3.8) is 0 Å². The van der Waals surface area contributed by atoms with Crippen LogP contribution in [-0.2, 0) is 6.42 Å². The Balaban J connectivity index is 1.56. The van der Waals surface area contributed by atoms with Gasteiger partial charge in [-0.3, -0.25) is 4.98 Å². The van der Waals surface area contributed by atoms with E-state index in [0.29, 0.717) is 6.42 Å². The van der Waals surface area contributed by atoms with Crippen LogP contribution in [0.2, 0.25) is 0 Å². The Bertz CT molecular complexity index is 1180. The van der Waals surface area contributed by atoms with Crippen molar-refractivity contribution in [2.24, 2.45) is 0 Å². The molecule has 0 aliphatic rings. The zero-order chi connectivity index (χ0) is 16.6. The molecule has 6 heteroatoms. The molecule has 0 saturated carbocycles. The van der Waals surface area contributed by atoms with Crippen LogP contribution in [0.4, 0.5) is 0 Å². The number of oxazole rings is 1. The van der Waals surface area contributed by atoms with Crippen molar-refractivity contribution in [1.82, 2.24) is 24.6 Å². The first-order valence-corrected chi connectivity index (χ1v) is 7.95. The van der Waals surface area contributed by atoms with E-state index in [0.717, 1.165) is 39.4 Å². The lowest BCUT2D eigenvalue weighted by Gasteiger charge is -2.00. The van der Waals surface area contributed by atoms with Crippen molar-refractivity contribution < 1.29 is 4.42 Å². The monoisotopic (exact) mass is 327 g/mol. The Labute approximate surface area is 142 Å². The Kier molecular flexibility index (Phi) is 3.06. The number of rotatable bonds is 3. The quantitative estimate of drug-likeness (QED) is 0.507. The topological polar surface area (TPSA) is 69.1 Å². The molecule has 120 valence electrons. The fourth-order valence-electron chi connectivity index (χ4n) is 2.93. The highest BCUT2D eigenvalue weighted by atomic mass is 16.3. The molecule has 0 bridgehead atoms. The molecule has 0 unspecified atom stereocenters. The molecule has 25 heavy (non-hydrogen) atoms. The van der Waals surface area contributed by atoms with E-state index < -0.39 is 0 Å². The van der Waals surface area contributed by atoms with Gasteiger partial charge in [-0.25, -0.2) is 14.5 Å². The maximum Gasteiger partial charge on any atom is 0.181 e. The fourth-order valence-corrected chi connectivity index (χ4v) is 2.93. The molecule has 3 aromatic heterocycles. The van der Waals surface area contributed by atoms with E-state index in [1.807, 2.05) is 54.7 Å². The third-order valence-electron chi connectivity index (χ3n) is 4.10. The van der Waals surface area contributed by atoms with Gasteiger partial charge in [0.05, 0.1) is 0 Å². The van der Waals surface area contributed by atoms with Crippen molar-refractivity contribution in [3.8, 4) is 11.3 Å².